The first-order chi connectivity index (χ1) is 14.5. The van der Waals surface area contributed by atoms with Gasteiger partial charge in [0, 0.05) is 21.8 Å². The molecular formula is C24H14Cl3NO2. The van der Waals surface area contributed by atoms with Gasteiger partial charge >= 0.3 is 5.97 Å². The summed E-state index contributed by atoms with van der Waals surface area (Å²) in [6, 6.07) is 23.2. The molecule has 30 heavy (non-hydrogen) atoms. The molecule has 0 fully saturated rings. The Labute approximate surface area is 188 Å². The summed E-state index contributed by atoms with van der Waals surface area (Å²) in [6.07, 6.45) is 1.68. The highest BCUT2D eigenvalue weighted by Gasteiger charge is 2.16. The predicted molar refractivity (Wildman–Crippen MR) is 124 cm³/mol. The van der Waals surface area contributed by atoms with Crippen LogP contribution in [0.15, 0.2) is 83.9 Å². The fourth-order valence-corrected chi connectivity index (χ4v) is 3.59. The predicted octanol–water partition coefficient (Wildman–Crippen LogP) is 7.77. The summed E-state index contributed by atoms with van der Waals surface area (Å²) >= 11 is 18.0. The molecule has 3 nitrogen and oxygen atoms in total. The third-order valence-electron chi connectivity index (χ3n) is 4.45. The molecule has 0 aromatic heterocycles. The fourth-order valence-electron chi connectivity index (χ4n) is 2.97. The van der Waals surface area contributed by atoms with Crippen molar-refractivity contribution >= 4 is 63.4 Å². The number of halogens is 3. The van der Waals surface area contributed by atoms with Crippen LogP contribution in [0, 0.1) is 0 Å². The minimum atomic E-state index is -0.576. The Morgan fingerprint density at radius 3 is 2.33 bits per heavy atom. The molecule has 0 saturated heterocycles. The van der Waals surface area contributed by atoms with E-state index in [1.165, 1.54) is 12.1 Å². The highest BCUT2D eigenvalue weighted by Crippen LogP contribution is 2.29. The normalized spacial score (nSPS) is 11.2. The molecule has 148 valence electrons. The number of carbonyl (C=O) groups is 1. The molecule has 0 aliphatic heterocycles. The van der Waals surface area contributed by atoms with Crippen LogP contribution in [0.4, 0.5) is 5.69 Å². The molecule has 0 atom stereocenters. The maximum Gasteiger partial charge on any atom is 0.345 e. The first-order valence-corrected chi connectivity index (χ1v) is 10.1. The number of rotatable bonds is 4. The van der Waals surface area contributed by atoms with Crippen molar-refractivity contribution in [1.29, 1.82) is 0 Å². The molecule has 6 heteroatoms. The Kier molecular flexibility index (Phi) is 6.05. The number of hydrogen-bond acceptors (Lipinski definition) is 3. The molecule has 0 unspecified atom stereocenters. The number of fused-ring (bicyclic) bond motifs is 1. The smallest absolute Gasteiger partial charge is 0.345 e. The van der Waals surface area contributed by atoms with E-state index >= 15 is 0 Å². The van der Waals surface area contributed by atoms with E-state index in [4.69, 9.17) is 39.5 Å². The summed E-state index contributed by atoms with van der Waals surface area (Å²) in [5.74, 6) is -0.199. The van der Waals surface area contributed by atoms with Gasteiger partial charge < -0.3 is 4.74 Å². The lowest BCUT2D eigenvalue weighted by atomic mass is 10.0. The molecule has 0 heterocycles. The van der Waals surface area contributed by atoms with Crippen molar-refractivity contribution in [2.24, 2.45) is 4.99 Å². The molecule has 0 spiro atoms. The summed E-state index contributed by atoms with van der Waals surface area (Å²) in [6.45, 7) is 0. The molecule has 4 rings (SSSR count). The molecule has 4 aromatic carbocycles. The topological polar surface area (TPSA) is 38.7 Å². The van der Waals surface area contributed by atoms with Gasteiger partial charge in [0.25, 0.3) is 0 Å². The van der Waals surface area contributed by atoms with Gasteiger partial charge in [0.05, 0.1) is 16.3 Å². The zero-order valence-electron chi connectivity index (χ0n) is 15.5. The minimum absolute atomic E-state index is 0.227. The SMILES string of the molecule is O=C(Oc1ccc2ccccc2c1C=Nc1ccc(Cl)cc1)c1ccc(Cl)cc1Cl. The highest BCUT2D eigenvalue weighted by molar-refractivity contribution is 6.36. The molecule has 4 aromatic rings. The number of esters is 1. The van der Waals surface area contributed by atoms with Crippen molar-refractivity contribution in [1.82, 2.24) is 0 Å². The molecule has 0 radical (unpaired) electrons. The third-order valence-corrected chi connectivity index (χ3v) is 5.25. The van der Waals surface area contributed by atoms with Gasteiger partial charge in [-0.25, -0.2) is 4.79 Å². The molecular weight excluding hydrogens is 441 g/mol. The minimum Gasteiger partial charge on any atom is -0.422 e. The van der Waals surface area contributed by atoms with Crippen LogP contribution in [0.3, 0.4) is 0 Å². The number of hydrogen-bond donors (Lipinski definition) is 0. The Morgan fingerprint density at radius 2 is 1.57 bits per heavy atom. The molecule has 0 aliphatic carbocycles. The second-order valence-electron chi connectivity index (χ2n) is 6.45. The second-order valence-corrected chi connectivity index (χ2v) is 7.73. The van der Waals surface area contributed by atoms with Crippen molar-refractivity contribution in [3.8, 4) is 5.75 Å². The van der Waals surface area contributed by atoms with Gasteiger partial charge in [-0.15, -0.1) is 0 Å². The average molecular weight is 455 g/mol. The van der Waals surface area contributed by atoms with Gasteiger partial charge in [0.2, 0.25) is 0 Å². The summed E-state index contributed by atoms with van der Waals surface area (Å²) < 4.78 is 5.69. The molecule has 0 saturated carbocycles. The maximum absolute atomic E-state index is 12.7. The summed E-state index contributed by atoms with van der Waals surface area (Å²) in [4.78, 5) is 17.3. The van der Waals surface area contributed by atoms with Crippen LogP contribution in [-0.4, -0.2) is 12.2 Å². The Morgan fingerprint density at radius 1 is 0.833 bits per heavy atom. The van der Waals surface area contributed by atoms with E-state index in [0.717, 1.165) is 16.5 Å². The summed E-state index contributed by atoms with van der Waals surface area (Å²) in [5, 5.41) is 3.21. The zero-order valence-corrected chi connectivity index (χ0v) is 17.7. The van der Waals surface area contributed by atoms with Crippen molar-refractivity contribution in [2.75, 3.05) is 0 Å². The standard InChI is InChI=1S/C24H14Cl3NO2/c25-16-6-9-18(10-7-16)28-14-21-19-4-2-1-3-15(19)5-12-23(21)30-24(29)20-11-8-17(26)13-22(20)27/h1-14H. The van der Waals surface area contributed by atoms with Crippen molar-refractivity contribution in [3.63, 3.8) is 0 Å². The summed E-state index contributed by atoms with van der Waals surface area (Å²) in [5.41, 5.74) is 1.64. The third kappa shape index (κ3) is 4.49. The fraction of sp³-hybridized carbons (Fsp3) is 0. The first kappa shape index (κ1) is 20.4. The van der Waals surface area contributed by atoms with E-state index in [-0.39, 0.29) is 10.6 Å². The Bertz CT molecular complexity index is 1270. The van der Waals surface area contributed by atoms with Gasteiger partial charge in [-0.05, 0) is 59.3 Å². The van der Waals surface area contributed by atoms with E-state index in [1.54, 1.807) is 30.5 Å². The monoisotopic (exact) mass is 453 g/mol. The summed E-state index contributed by atoms with van der Waals surface area (Å²) in [7, 11) is 0. The van der Waals surface area contributed by atoms with E-state index in [1.807, 2.05) is 42.5 Å². The van der Waals surface area contributed by atoms with Crippen LogP contribution in [0.25, 0.3) is 10.8 Å². The van der Waals surface area contributed by atoms with Crippen molar-refractivity contribution in [3.05, 3.63) is 105 Å². The van der Waals surface area contributed by atoms with E-state index in [0.29, 0.717) is 21.4 Å². The van der Waals surface area contributed by atoms with Gasteiger partial charge in [0.15, 0.2) is 0 Å². The second kappa shape index (κ2) is 8.88. The van der Waals surface area contributed by atoms with E-state index in [2.05, 4.69) is 4.99 Å². The van der Waals surface area contributed by atoms with E-state index in [9.17, 15) is 4.79 Å². The molecule has 0 bridgehead atoms. The van der Waals surface area contributed by atoms with Gasteiger partial charge in [-0.3, -0.25) is 4.99 Å². The van der Waals surface area contributed by atoms with Crippen LogP contribution >= 0.6 is 34.8 Å². The van der Waals surface area contributed by atoms with Crippen LogP contribution in [0.5, 0.6) is 5.75 Å². The number of aliphatic imine (C=N–C) groups is 1. The number of carbonyl (C=O) groups excluding carboxylic acids is 1. The quantitative estimate of drug-likeness (QED) is 0.179. The maximum atomic E-state index is 12.7. The van der Waals surface area contributed by atoms with Crippen LogP contribution < -0.4 is 4.74 Å². The first-order valence-electron chi connectivity index (χ1n) is 9.00. The molecule has 0 N–H and O–H groups in total. The number of benzene rings is 4. The van der Waals surface area contributed by atoms with Gasteiger partial charge in [0.1, 0.15) is 5.75 Å². The zero-order chi connectivity index (χ0) is 21.1. The Balaban J connectivity index is 1.74. The van der Waals surface area contributed by atoms with Crippen LogP contribution in [-0.2, 0) is 0 Å². The van der Waals surface area contributed by atoms with Crippen LogP contribution in [0.1, 0.15) is 15.9 Å². The number of ether oxygens (including phenoxy) is 1. The molecule has 0 amide bonds. The lowest BCUT2D eigenvalue weighted by Crippen LogP contribution is -2.10. The Hall–Kier alpha value is -2.85. The van der Waals surface area contributed by atoms with E-state index < -0.39 is 5.97 Å². The van der Waals surface area contributed by atoms with Crippen molar-refractivity contribution in [2.45, 2.75) is 0 Å². The van der Waals surface area contributed by atoms with Crippen molar-refractivity contribution < 1.29 is 9.53 Å². The number of nitrogens with zero attached hydrogens (tertiary/aromatic N) is 1. The lowest BCUT2D eigenvalue weighted by Gasteiger charge is -2.11. The van der Waals surface area contributed by atoms with Gasteiger partial charge in [-0.1, -0.05) is 65.1 Å². The van der Waals surface area contributed by atoms with Crippen LogP contribution in [0.2, 0.25) is 15.1 Å². The van der Waals surface area contributed by atoms with Gasteiger partial charge in [-0.2, -0.15) is 0 Å². The largest absolute Gasteiger partial charge is 0.422 e. The molecule has 0 aliphatic rings. The lowest BCUT2D eigenvalue weighted by molar-refractivity contribution is 0.0735. The average Bonchev–Trinajstić information content (AvgIpc) is 2.74. The highest BCUT2D eigenvalue weighted by atomic mass is 35.5.